The van der Waals surface area contributed by atoms with E-state index in [1.807, 2.05) is 17.9 Å². The van der Waals surface area contributed by atoms with Crippen LogP contribution < -0.4 is 0 Å². The Hall–Kier alpha value is -0.840. The summed E-state index contributed by atoms with van der Waals surface area (Å²) in [5.41, 5.74) is 2.41. The molecule has 1 atom stereocenters. The van der Waals surface area contributed by atoms with E-state index in [1.54, 1.807) is 0 Å². The predicted octanol–water partition coefficient (Wildman–Crippen LogP) is 3.72. The molecular formula is C13H15IN2. The van der Waals surface area contributed by atoms with Gasteiger partial charge in [-0.25, -0.2) is 0 Å². The number of rotatable bonds is 1. The molecule has 1 heterocycles. The Balaban J connectivity index is 2.38. The highest BCUT2D eigenvalue weighted by molar-refractivity contribution is 14.1. The van der Waals surface area contributed by atoms with Gasteiger partial charge in [0.25, 0.3) is 0 Å². The van der Waals surface area contributed by atoms with Crippen molar-refractivity contribution in [3.63, 3.8) is 0 Å². The minimum atomic E-state index is 0.520. The molecule has 16 heavy (non-hydrogen) atoms. The summed E-state index contributed by atoms with van der Waals surface area (Å²) in [5, 5.41) is 4.47. The molecule has 0 saturated heterocycles. The Labute approximate surface area is 110 Å². The molecule has 0 fully saturated rings. The fourth-order valence-corrected chi connectivity index (χ4v) is 2.24. The van der Waals surface area contributed by atoms with Crippen LogP contribution in [0.15, 0.2) is 40.1 Å². The second-order valence-electron chi connectivity index (χ2n) is 4.09. The first-order valence-corrected chi connectivity index (χ1v) is 6.48. The van der Waals surface area contributed by atoms with E-state index in [9.17, 15) is 0 Å². The molecular weight excluding hydrogens is 311 g/mol. The van der Waals surface area contributed by atoms with Gasteiger partial charge in [-0.15, -0.1) is 0 Å². The first-order valence-electron chi connectivity index (χ1n) is 5.41. The molecule has 1 aromatic heterocycles. The normalized spacial score (nSPS) is 26.3. The second-order valence-corrected chi connectivity index (χ2v) is 5.33. The number of nitrogens with zero attached hydrogens (tertiary/aromatic N) is 2. The minimum absolute atomic E-state index is 0.520. The number of aryl methyl sites for hydroxylation is 1. The molecule has 0 N–H and O–H groups in total. The van der Waals surface area contributed by atoms with Crippen molar-refractivity contribution in [3.8, 4) is 0 Å². The van der Waals surface area contributed by atoms with Crippen LogP contribution in [0.2, 0.25) is 0 Å². The SMILES string of the molecule is CC1C/C=C/C(I)=C\C=C1c1ccn(C)n1. The smallest absolute Gasteiger partial charge is 0.0885 e. The zero-order valence-corrected chi connectivity index (χ0v) is 11.7. The molecule has 1 aliphatic rings. The molecule has 2 nitrogen and oxygen atoms in total. The molecule has 0 saturated carbocycles. The van der Waals surface area contributed by atoms with Gasteiger partial charge in [-0.3, -0.25) is 4.68 Å². The van der Waals surface area contributed by atoms with Crippen LogP contribution in [0, 0.1) is 5.92 Å². The van der Waals surface area contributed by atoms with Crippen molar-refractivity contribution in [3.05, 3.63) is 45.8 Å². The van der Waals surface area contributed by atoms with Crippen LogP contribution in [0.3, 0.4) is 0 Å². The van der Waals surface area contributed by atoms with E-state index >= 15 is 0 Å². The number of aromatic nitrogens is 2. The highest BCUT2D eigenvalue weighted by atomic mass is 127. The first kappa shape index (κ1) is 11.6. The van der Waals surface area contributed by atoms with Gasteiger partial charge >= 0.3 is 0 Å². The molecule has 0 radical (unpaired) electrons. The van der Waals surface area contributed by atoms with Crippen molar-refractivity contribution in [2.24, 2.45) is 13.0 Å². The van der Waals surface area contributed by atoms with Crippen LogP contribution in [0.5, 0.6) is 0 Å². The van der Waals surface area contributed by atoms with Crippen LogP contribution in [0.1, 0.15) is 19.0 Å². The van der Waals surface area contributed by atoms with Gasteiger partial charge in [-0.2, -0.15) is 5.10 Å². The van der Waals surface area contributed by atoms with Crippen LogP contribution >= 0.6 is 22.6 Å². The zero-order valence-electron chi connectivity index (χ0n) is 9.52. The lowest BCUT2D eigenvalue weighted by atomic mass is 9.93. The summed E-state index contributed by atoms with van der Waals surface area (Å²) in [6.07, 6.45) is 11.8. The third-order valence-electron chi connectivity index (χ3n) is 2.73. The van der Waals surface area contributed by atoms with E-state index in [0.717, 1.165) is 12.1 Å². The van der Waals surface area contributed by atoms with Gasteiger partial charge in [0.1, 0.15) is 0 Å². The van der Waals surface area contributed by atoms with Crippen molar-refractivity contribution in [1.82, 2.24) is 9.78 Å². The predicted molar refractivity (Wildman–Crippen MR) is 76.2 cm³/mol. The summed E-state index contributed by atoms with van der Waals surface area (Å²) in [7, 11) is 1.96. The summed E-state index contributed by atoms with van der Waals surface area (Å²) in [5.74, 6) is 0.520. The van der Waals surface area contributed by atoms with E-state index in [0.29, 0.717) is 5.92 Å². The molecule has 1 unspecified atom stereocenters. The van der Waals surface area contributed by atoms with Gasteiger partial charge in [-0.05, 0) is 52.6 Å². The third-order valence-corrected chi connectivity index (χ3v) is 3.45. The van der Waals surface area contributed by atoms with Crippen molar-refractivity contribution >= 4 is 28.2 Å². The first-order chi connectivity index (χ1) is 7.66. The van der Waals surface area contributed by atoms with Gasteiger partial charge < -0.3 is 0 Å². The molecule has 0 aromatic carbocycles. The van der Waals surface area contributed by atoms with Gasteiger partial charge in [0.2, 0.25) is 0 Å². The van der Waals surface area contributed by atoms with E-state index in [2.05, 4.69) is 65.0 Å². The lowest BCUT2D eigenvalue weighted by Crippen LogP contribution is -2.00. The second kappa shape index (κ2) is 4.99. The molecule has 84 valence electrons. The third kappa shape index (κ3) is 2.64. The maximum atomic E-state index is 4.47. The minimum Gasteiger partial charge on any atom is -0.275 e. The molecule has 0 spiro atoms. The molecule has 0 bridgehead atoms. The fourth-order valence-electron chi connectivity index (χ4n) is 1.81. The number of hydrogen-bond donors (Lipinski definition) is 0. The maximum absolute atomic E-state index is 4.47. The maximum Gasteiger partial charge on any atom is 0.0885 e. The van der Waals surface area contributed by atoms with E-state index in [1.165, 1.54) is 9.15 Å². The van der Waals surface area contributed by atoms with E-state index in [-0.39, 0.29) is 0 Å². The Morgan fingerprint density at radius 1 is 1.44 bits per heavy atom. The molecule has 1 aliphatic carbocycles. The molecule has 1 aromatic rings. The van der Waals surface area contributed by atoms with Gasteiger partial charge in [0.15, 0.2) is 0 Å². The summed E-state index contributed by atoms with van der Waals surface area (Å²) >= 11 is 2.34. The van der Waals surface area contributed by atoms with Crippen LogP contribution in [0.25, 0.3) is 5.57 Å². The summed E-state index contributed by atoms with van der Waals surface area (Å²) in [4.78, 5) is 0. The Kier molecular flexibility index (Phi) is 3.63. The number of allylic oxidation sites excluding steroid dienone is 6. The van der Waals surface area contributed by atoms with Gasteiger partial charge in [0, 0.05) is 16.8 Å². The highest BCUT2D eigenvalue weighted by Crippen LogP contribution is 2.27. The monoisotopic (exact) mass is 326 g/mol. The molecule has 0 amide bonds. The number of hydrogen-bond acceptors (Lipinski definition) is 1. The lowest BCUT2D eigenvalue weighted by Gasteiger charge is -2.13. The summed E-state index contributed by atoms with van der Waals surface area (Å²) in [6, 6.07) is 2.08. The topological polar surface area (TPSA) is 17.8 Å². The van der Waals surface area contributed by atoms with Crippen LogP contribution in [-0.4, -0.2) is 9.78 Å². The van der Waals surface area contributed by atoms with Crippen molar-refractivity contribution < 1.29 is 0 Å². The average molecular weight is 326 g/mol. The van der Waals surface area contributed by atoms with Crippen molar-refractivity contribution in [2.45, 2.75) is 13.3 Å². The van der Waals surface area contributed by atoms with Crippen molar-refractivity contribution in [1.29, 1.82) is 0 Å². The largest absolute Gasteiger partial charge is 0.275 e. The molecule has 3 heteroatoms. The lowest BCUT2D eigenvalue weighted by molar-refractivity contribution is 0.733. The van der Waals surface area contributed by atoms with E-state index < -0.39 is 0 Å². The highest BCUT2D eigenvalue weighted by Gasteiger charge is 2.12. The van der Waals surface area contributed by atoms with Crippen LogP contribution in [0.4, 0.5) is 0 Å². The average Bonchev–Trinajstić information content (AvgIpc) is 2.63. The summed E-state index contributed by atoms with van der Waals surface area (Å²) < 4.78 is 3.12. The quantitative estimate of drug-likeness (QED) is 0.719. The number of halogens is 1. The summed E-state index contributed by atoms with van der Waals surface area (Å²) in [6.45, 7) is 2.25. The molecule has 2 rings (SSSR count). The molecule has 0 aliphatic heterocycles. The van der Waals surface area contributed by atoms with Gasteiger partial charge in [0.05, 0.1) is 5.69 Å². The van der Waals surface area contributed by atoms with Crippen LogP contribution in [-0.2, 0) is 7.05 Å². The Morgan fingerprint density at radius 2 is 2.25 bits per heavy atom. The Morgan fingerprint density at radius 3 is 2.94 bits per heavy atom. The Bertz CT molecular complexity index is 466. The van der Waals surface area contributed by atoms with Gasteiger partial charge in [-0.1, -0.05) is 25.2 Å². The van der Waals surface area contributed by atoms with E-state index in [4.69, 9.17) is 0 Å². The standard InChI is InChI=1S/C13H15IN2/c1-10-4-3-5-11(14)6-7-12(10)13-8-9-16(2)15-13/h3,5-10H,4H2,1-2H3/b5-3+,11-6+,12-7?. The zero-order chi connectivity index (χ0) is 11.5. The van der Waals surface area contributed by atoms with Crippen molar-refractivity contribution in [2.75, 3.05) is 0 Å². The fraction of sp³-hybridized carbons (Fsp3) is 0.308.